The zero-order valence-corrected chi connectivity index (χ0v) is 10.8. The van der Waals surface area contributed by atoms with E-state index in [1.165, 1.54) is 16.7 Å². The Balaban J connectivity index is 2.39. The Morgan fingerprint density at radius 1 is 1.21 bits per heavy atom. The molecular formula is C13H9F2N3S. The van der Waals surface area contributed by atoms with Crippen LogP contribution < -0.4 is 0 Å². The number of benzene rings is 1. The largest absolute Gasteiger partial charge is 0.329 e. The van der Waals surface area contributed by atoms with Gasteiger partial charge in [0.05, 0.1) is 11.2 Å². The van der Waals surface area contributed by atoms with E-state index in [2.05, 4.69) is 9.97 Å². The summed E-state index contributed by atoms with van der Waals surface area (Å²) in [5, 5.41) is 0. The number of rotatable bonds is 1. The van der Waals surface area contributed by atoms with Crippen molar-refractivity contribution in [2.24, 2.45) is 0 Å². The molecule has 0 radical (unpaired) electrons. The number of aromatic nitrogens is 3. The van der Waals surface area contributed by atoms with Crippen LogP contribution in [0.15, 0.2) is 30.5 Å². The van der Waals surface area contributed by atoms with E-state index in [9.17, 15) is 8.78 Å². The highest BCUT2D eigenvalue weighted by molar-refractivity contribution is 7.71. The van der Waals surface area contributed by atoms with Gasteiger partial charge in [0.1, 0.15) is 11.6 Å². The SMILES string of the molecule is Cc1ccnc2c1[nH]c(=S)n2-c1cc(F)cc(F)c1. The summed E-state index contributed by atoms with van der Waals surface area (Å²) in [4.78, 5) is 7.22. The molecule has 0 spiro atoms. The van der Waals surface area contributed by atoms with Crippen molar-refractivity contribution in [3.63, 3.8) is 0 Å². The van der Waals surface area contributed by atoms with E-state index in [4.69, 9.17) is 12.2 Å². The molecule has 0 aliphatic heterocycles. The van der Waals surface area contributed by atoms with Crippen molar-refractivity contribution in [2.75, 3.05) is 0 Å². The number of H-pyrrole nitrogens is 1. The Kier molecular flexibility index (Phi) is 2.67. The Labute approximate surface area is 112 Å². The molecule has 2 aromatic heterocycles. The molecule has 1 aromatic carbocycles. The summed E-state index contributed by atoms with van der Waals surface area (Å²) in [5.74, 6) is -1.31. The maximum atomic E-state index is 13.3. The number of nitrogens with one attached hydrogen (secondary N) is 1. The summed E-state index contributed by atoms with van der Waals surface area (Å²) >= 11 is 5.20. The summed E-state index contributed by atoms with van der Waals surface area (Å²) in [5.41, 5.74) is 2.59. The molecule has 0 unspecified atom stereocenters. The van der Waals surface area contributed by atoms with Crippen LogP contribution in [0.4, 0.5) is 8.78 Å². The second kappa shape index (κ2) is 4.24. The maximum absolute atomic E-state index is 13.3. The van der Waals surface area contributed by atoms with Crippen LogP contribution in [0.25, 0.3) is 16.9 Å². The Morgan fingerprint density at radius 2 is 1.89 bits per heavy atom. The first-order chi connectivity index (χ1) is 9.06. The highest BCUT2D eigenvalue weighted by Crippen LogP contribution is 2.21. The van der Waals surface area contributed by atoms with Crippen molar-refractivity contribution in [2.45, 2.75) is 6.92 Å². The second-order valence-electron chi connectivity index (χ2n) is 4.22. The number of imidazole rings is 1. The quantitative estimate of drug-likeness (QED) is 0.688. The first-order valence-corrected chi connectivity index (χ1v) is 6.00. The highest BCUT2D eigenvalue weighted by atomic mass is 32.1. The number of fused-ring (bicyclic) bond motifs is 1. The summed E-state index contributed by atoms with van der Waals surface area (Å²) < 4.78 is 28.5. The lowest BCUT2D eigenvalue weighted by molar-refractivity contribution is 0.581. The van der Waals surface area contributed by atoms with Gasteiger partial charge < -0.3 is 4.98 Å². The third-order valence-electron chi connectivity index (χ3n) is 2.89. The highest BCUT2D eigenvalue weighted by Gasteiger charge is 2.11. The van der Waals surface area contributed by atoms with E-state index in [0.717, 1.165) is 17.1 Å². The zero-order valence-electron chi connectivity index (χ0n) is 9.95. The Hall–Kier alpha value is -2.08. The molecular weight excluding hydrogens is 268 g/mol. The summed E-state index contributed by atoms with van der Waals surface area (Å²) in [6.45, 7) is 1.91. The molecule has 3 rings (SSSR count). The van der Waals surface area contributed by atoms with Crippen LogP contribution in [0.1, 0.15) is 5.56 Å². The average molecular weight is 277 g/mol. The summed E-state index contributed by atoms with van der Waals surface area (Å²) in [7, 11) is 0. The van der Waals surface area contributed by atoms with Gasteiger partial charge in [-0.25, -0.2) is 13.8 Å². The molecule has 3 aromatic rings. The minimum atomic E-state index is -0.654. The minimum absolute atomic E-state index is 0.312. The Bertz CT molecular complexity index is 815. The molecule has 0 atom stereocenters. The van der Waals surface area contributed by atoms with Crippen molar-refractivity contribution < 1.29 is 8.78 Å². The normalized spacial score (nSPS) is 11.1. The van der Waals surface area contributed by atoms with Crippen LogP contribution in [0, 0.1) is 23.3 Å². The molecule has 0 fully saturated rings. The molecule has 2 heterocycles. The van der Waals surface area contributed by atoms with Crippen LogP contribution >= 0.6 is 12.2 Å². The molecule has 0 saturated heterocycles. The molecule has 6 heteroatoms. The van der Waals surface area contributed by atoms with E-state index in [1.807, 2.05) is 13.0 Å². The molecule has 1 N–H and O–H groups in total. The fourth-order valence-corrected chi connectivity index (χ4v) is 2.33. The molecule has 3 nitrogen and oxygen atoms in total. The molecule has 0 aliphatic rings. The number of pyridine rings is 1. The van der Waals surface area contributed by atoms with E-state index in [1.54, 1.807) is 6.20 Å². The number of aromatic amines is 1. The number of hydrogen-bond donors (Lipinski definition) is 1. The van der Waals surface area contributed by atoms with Gasteiger partial charge >= 0.3 is 0 Å². The van der Waals surface area contributed by atoms with E-state index < -0.39 is 11.6 Å². The molecule has 19 heavy (non-hydrogen) atoms. The third-order valence-corrected chi connectivity index (χ3v) is 3.18. The lowest BCUT2D eigenvalue weighted by Gasteiger charge is -2.04. The van der Waals surface area contributed by atoms with Crippen molar-refractivity contribution in [3.05, 3.63) is 52.4 Å². The van der Waals surface area contributed by atoms with E-state index in [0.29, 0.717) is 16.1 Å². The van der Waals surface area contributed by atoms with Crippen LogP contribution in [0.3, 0.4) is 0 Å². The standard InChI is InChI=1S/C13H9F2N3S/c1-7-2-3-16-12-11(7)17-13(19)18(12)10-5-8(14)4-9(15)6-10/h2-6H,1H3,(H,17,19). The summed E-state index contributed by atoms with van der Waals surface area (Å²) in [6, 6.07) is 5.09. The van der Waals surface area contributed by atoms with Crippen molar-refractivity contribution in [3.8, 4) is 5.69 Å². The van der Waals surface area contributed by atoms with Gasteiger partial charge in [0.15, 0.2) is 10.4 Å². The van der Waals surface area contributed by atoms with Gasteiger partial charge in [-0.1, -0.05) is 0 Å². The molecule has 0 aliphatic carbocycles. The fraction of sp³-hybridized carbons (Fsp3) is 0.0769. The predicted molar refractivity (Wildman–Crippen MR) is 70.9 cm³/mol. The van der Waals surface area contributed by atoms with Gasteiger partial charge in [-0.3, -0.25) is 4.57 Å². The number of halogens is 2. The first kappa shape index (κ1) is 12.0. The Morgan fingerprint density at radius 3 is 2.58 bits per heavy atom. The fourth-order valence-electron chi connectivity index (χ4n) is 2.03. The van der Waals surface area contributed by atoms with E-state index in [-0.39, 0.29) is 0 Å². The number of hydrogen-bond acceptors (Lipinski definition) is 2. The second-order valence-corrected chi connectivity index (χ2v) is 4.61. The average Bonchev–Trinajstić information content (AvgIpc) is 2.65. The smallest absolute Gasteiger partial charge is 0.184 e. The van der Waals surface area contributed by atoms with Gasteiger partial charge in [-0.05, 0) is 42.9 Å². The predicted octanol–water partition coefficient (Wildman–Crippen LogP) is 3.67. The monoisotopic (exact) mass is 277 g/mol. The molecule has 0 saturated carbocycles. The third kappa shape index (κ3) is 1.94. The first-order valence-electron chi connectivity index (χ1n) is 5.59. The van der Waals surface area contributed by atoms with Crippen molar-refractivity contribution >= 4 is 23.4 Å². The van der Waals surface area contributed by atoms with Crippen molar-refractivity contribution in [1.29, 1.82) is 0 Å². The van der Waals surface area contributed by atoms with Gasteiger partial charge in [-0.2, -0.15) is 0 Å². The van der Waals surface area contributed by atoms with Crippen molar-refractivity contribution in [1.82, 2.24) is 14.5 Å². The maximum Gasteiger partial charge on any atom is 0.184 e. The zero-order chi connectivity index (χ0) is 13.6. The van der Waals surface area contributed by atoms with Gasteiger partial charge in [0.2, 0.25) is 0 Å². The molecule has 0 amide bonds. The van der Waals surface area contributed by atoms with Gasteiger partial charge in [0.25, 0.3) is 0 Å². The van der Waals surface area contributed by atoms with Crippen LogP contribution in [-0.2, 0) is 0 Å². The van der Waals surface area contributed by atoms with Crippen LogP contribution in [-0.4, -0.2) is 14.5 Å². The summed E-state index contributed by atoms with van der Waals surface area (Å²) in [6.07, 6.45) is 1.63. The topological polar surface area (TPSA) is 33.6 Å². The van der Waals surface area contributed by atoms with Crippen LogP contribution in [0.2, 0.25) is 0 Å². The van der Waals surface area contributed by atoms with E-state index >= 15 is 0 Å². The minimum Gasteiger partial charge on any atom is -0.329 e. The lowest BCUT2D eigenvalue weighted by atomic mass is 10.2. The number of aryl methyl sites for hydroxylation is 1. The molecule has 0 bridgehead atoms. The lowest BCUT2D eigenvalue weighted by Crippen LogP contribution is -1.97. The van der Waals surface area contributed by atoms with Crippen LogP contribution in [0.5, 0.6) is 0 Å². The van der Waals surface area contributed by atoms with Gasteiger partial charge in [-0.15, -0.1) is 0 Å². The number of nitrogens with zero attached hydrogens (tertiary/aromatic N) is 2. The van der Waals surface area contributed by atoms with Gasteiger partial charge in [0, 0.05) is 12.3 Å². The molecule has 96 valence electrons.